The summed E-state index contributed by atoms with van der Waals surface area (Å²) in [6.07, 6.45) is 5.15. The maximum Gasteiger partial charge on any atom is 0.119 e. The van der Waals surface area contributed by atoms with Crippen LogP contribution < -0.4 is 10.1 Å². The SMILES string of the molecule is CCCC(C)COc1cccc(CNC2CC2)c1. The van der Waals surface area contributed by atoms with Gasteiger partial charge in [-0.2, -0.15) is 0 Å². The summed E-state index contributed by atoms with van der Waals surface area (Å²) in [7, 11) is 0. The van der Waals surface area contributed by atoms with E-state index in [2.05, 4.69) is 43.4 Å². The van der Waals surface area contributed by atoms with E-state index in [-0.39, 0.29) is 0 Å². The smallest absolute Gasteiger partial charge is 0.119 e. The average Bonchev–Trinajstić information content (AvgIpc) is 3.19. The number of hydrogen-bond donors (Lipinski definition) is 1. The van der Waals surface area contributed by atoms with Crippen molar-refractivity contribution in [3.05, 3.63) is 29.8 Å². The largest absolute Gasteiger partial charge is 0.493 e. The summed E-state index contributed by atoms with van der Waals surface area (Å²) in [6, 6.07) is 9.23. The molecule has 0 bridgehead atoms. The van der Waals surface area contributed by atoms with Crippen LogP contribution in [-0.2, 0) is 6.54 Å². The van der Waals surface area contributed by atoms with Crippen LogP contribution in [0.1, 0.15) is 45.1 Å². The maximum atomic E-state index is 5.86. The van der Waals surface area contributed by atoms with E-state index in [0.29, 0.717) is 5.92 Å². The Labute approximate surface area is 111 Å². The number of hydrogen-bond acceptors (Lipinski definition) is 2. The van der Waals surface area contributed by atoms with Gasteiger partial charge in [-0.05, 0) is 42.9 Å². The van der Waals surface area contributed by atoms with E-state index in [4.69, 9.17) is 4.74 Å². The first-order valence-electron chi connectivity index (χ1n) is 7.23. The van der Waals surface area contributed by atoms with Crippen molar-refractivity contribution < 1.29 is 4.74 Å². The molecule has 2 rings (SSSR count). The molecule has 1 aromatic carbocycles. The predicted molar refractivity (Wildman–Crippen MR) is 75.9 cm³/mol. The van der Waals surface area contributed by atoms with Crippen LogP contribution >= 0.6 is 0 Å². The van der Waals surface area contributed by atoms with E-state index in [1.165, 1.54) is 31.2 Å². The van der Waals surface area contributed by atoms with Crippen molar-refractivity contribution in [2.75, 3.05) is 6.61 Å². The molecule has 2 heteroatoms. The van der Waals surface area contributed by atoms with Crippen molar-refractivity contribution in [3.8, 4) is 5.75 Å². The lowest BCUT2D eigenvalue weighted by Gasteiger charge is -2.13. The van der Waals surface area contributed by atoms with Crippen LogP contribution in [0.3, 0.4) is 0 Å². The third-order valence-electron chi connectivity index (χ3n) is 3.39. The number of rotatable bonds is 8. The van der Waals surface area contributed by atoms with Crippen molar-refractivity contribution >= 4 is 0 Å². The van der Waals surface area contributed by atoms with Gasteiger partial charge in [0.1, 0.15) is 5.75 Å². The lowest BCUT2D eigenvalue weighted by Crippen LogP contribution is -2.15. The molecule has 1 fully saturated rings. The molecular weight excluding hydrogens is 222 g/mol. The highest BCUT2D eigenvalue weighted by atomic mass is 16.5. The standard InChI is InChI=1S/C16H25NO/c1-3-5-13(2)12-18-16-7-4-6-14(10-16)11-17-15-8-9-15/h4,6-7,10,13,15,17H,3,5,8-9,11-12H2,1-2H3. The predicted octanol–water partition coefficient (Wildman–Crippen LogP) is 3.75. The van der Waals surface area contributed by atoms with Crippen molar-refractivity contribution in [2.45, 2.75) is 52.1 Å². The normalized spacial score (nSPS) is 16.6. The Kier molecular flexibility index (Phi) is 5.06. The Hall–Kier alpha value is -1.02. The molecule has 1 atom stereocenters. The van der Waals surface area contributed by atoms with Gasteiger partial charge in [0.2, 0.25) is 0 Å². The molecule has 0 radical (unpaired) electrons. The van der Waals surface area contributed by atoms with Crippen molar-refractivity contribution in [3.63, 3.8) is 0 Å². The van der Waals surface area contributed by atoms with Gasteiger partial charge in [0.05, 0.1) is 6.61 Å². The van der Waals surface area contributed by atoms with Crippen LogP contribution in [0, 0.1) is 5.92 Å². The summed E-state index contributed by atoms with van der Waals surface area (Å²) in [4.78, 5) is 0. The minimum absolute atomic E-state index is 0.642. The molecule has 0 aliphatic heterocycles. The molecule has 1 aromatic rings. The first-order chi connectivity index (χ1) is 8.78. The van der Waals surface area contributed by atoms with Crippen LogP contribution in [0.25, 0.3) is 0 Å². The number of nitrogens with one attached hydrogen (secondary N) is 1. The Balaban J connectivity index is 1.78. The Morgan fingerprint density at radius 2 is 2.22 bits per heavy atom. The molecule has 100 valence electrons. The van der Waals surface area contributed by atoms with E-state index < -0.39 is 0 Å². The topological polar surface area (TPSA) is 21.3 Å². The number of ether oxygens (including phenoxy) is 1. The minimum atomic E-state index is 0.642. The van der Waals surface area contributed by atoms with E-state index in [1.807, 2.05) is 0 Å². The summed E-state index contributed by atoms with van der Waals surface area (Å²) in [5.41, 5.74) is 1.32. The highest BCUT2D eigenvalue weighted by Gasteiger charge is 2.19. The minimum Gasteiger partial charge on any atom is -0.493 e. The molecule has 1 aliphatic rings. The zero-order chi connectivity index (χ0) is 12.8. The Bertz CT molecular complexity index is 360. The molecule has 0 heterocycles. The second-order valence-corrected chi connectivity index (χ2v) is 5.51. The van der Waals surface area contributed by atoms with E-state index in [0.717, 1.165) is 24.9 Å². The highest BCUT2D eigenvalue weighted by Crippen LogP contribution is 2.20. The molecule has 1 N–H and O–H groups in total. The van der Waals surface area contributed by atoms with Gasteiger partial charge in [-0.15, -0.1) is 0 Å². The molecule has 0 spiro atoms. The summed E-state index contributed by atoms with van der Waals surface area (Å²) >= 11 is 0. The average molecular weight is 247 g/mol. The zero-order valence-corrected chi connectivity index (χ0v) is 11.6. The molecule has 0 saturated heterocycles. The summed E-state index contributed by atoms with van der Waals surface area (Å²) in [6.45, 7) is 6.27. The monoisotopic (exact) mass is 247 g/mol. The van der Waals surface area contributed by atoms with Crippen LogP contribution in [0.5, 0.6) is 5.75 Å². The third-order valence-corrected chi connectivity index (χ3v) is 3.39. The van der Waals surface area contributed by atoms with Gasteiger partial charge >= 0.3 is 0 Å². The zero-order valence-electron chi connectivity index (χ0n) is 11.6. The van der Waals surface area contributed by atoms with Gasteiger partial charge in [0, 0.05) is 12.6 Å². The van der Waals surface area contributed by atoms with Gasteiger partial charge in [-0.3, -0.25) is 0 Å². The van der Waals surface area contributed by atoms with Crippen LogP contribution in [-0.4, -0.2) is 12.6 Å². The van der Waals surface area contributed by atoms with Gasteiger partial charge in [0.15, 0.2) is 0 Å². The third kappa shape index (κ3) is 4.69. The fraction of sp³-hybridized carbons (Fsp3) is 0.625. The highest BCUT2D eigenvalue weighted by molar-refractivity contribution is 5.28. The summed E-state index contributed by atoms with van der Waals surface area (Å²) < 4.78 is 5.86. The molecule has 0 aromatic heterocycles. The van der Waals surface area contributed by atoms with Gasteiger partial charge < -0.3 is 10.1 Å². The van der Waals surface area contributed by atoms with Crippen molar-refractivity contribution in [1.82, 2.24) is 5.32 Å². The molecule has 0 amide bonds. The van der Waals surface area contributed by atoms with Crippen molar-refractivity contribution in [1.29, 1.82) is 0 Å². The molecule has 1 saturated carbocycles. The van der Waals surface area contributed by atoms with Crippen LogP contribution in [0.4, 0.5) is 0 Å². The van der Waals surface area contributed by atoms with Crippen molar-refractivity contribution in [2.24, 2.45) is 5.92 Å². The molecular formula is C16H25NO. The van der Waals surface area contributed by atoms with Crippen LogP contribution in [0.15, 0.2) is 24.3 Å². The summed E-state index contributed by atoms with van der Waals surface area (Å²) in [5, 5.41) is 3.53. The lowest BCUT2D eigenvalue weighted by atomic mass is 10.1. The van der Waals surface area contributed by atoms with Crippen LogP contribution in [0.2, 0.25) is 0 Å². The van der Waals surface area contributed by atoms with Gasteiger partial charge in [-0.1, -0.05) is 32.4 Å². The molecule has 2 nitrogen and oxygen atoms in total. The second kappa shape index (κ2) is 6.79. The molecule has 1 unspecified atom stereocenters. The Morgan fingerprint density at radius 1 is 1.39 bits per heavy atom. The fourth-order valence-corrected chi connectivity index (χ4v) is 2.11. The maximum absolute atomic E-state index is 5.86. The Morgan fingerprint density at radius 3 is 2.94 bits per heavy atom. The second-order valence-electron chi connectivity index (χ2n) is 5.51. The quantitative estimate of drug-likeness (QED) is 0.755. The lowest BCUT2D eigenvalue weighted by molar-refractivity contribution is 0.251. The molecule has 18 heavy (non-hydrogen) atoms. The van der Waals surface area contributed by atoms with Gasteiger partial charge in [-0.25, -0.2) is 0 Å². The number of benzene rings is 1. The first-order valence-corrected chi connectivity index (χ1v) is 7.23. The van der Waals surface area contributed by atoms with E-state index >= 15 is 0 Å². The molecule has 1 aliphatic carbocycles. The fourth-order valence-electron chi connectivity index (χ4n) is 2.11. The summed E-state index contributed by atoms with van der Waals surface area (Å²) in [5.74, 6) is 1.65. The van der Waals surface area contributed by atoms with E-state index in [9.17, 15) is 0 Å². The first kappa shape index (κ1) is 13.4. The van der Waals surface area contributed by atoms with Gasteiger partial charge in [0.25, 0.3) is 0 Å². The van der Waals surface area contributed by atoms with E-state index in [1.54, 1.807) is 0 Å².